The van der Waals surface area contributed by atoms with Gasteiger partial charge >= 0.3 is 5.97 Å². The SMILES string of the molecule is CC(Nc1nc(Cl)cs1)(C(=O)O)C1CC1. The monoisotopic (exact) mass is 246 g/mol. The number of thiazole rings is 1. The molecule has 1 aromatic rings. The minimum Gasteiger partial charge on any atom is -0.480 e. The largest absolute Gasteiger partial charge is 0.480 e. The number of carboxylic acids is 1. The molecule has 0 amide bonds. The molecule has 1 fully saturated rings. The van der Waals surface area contributed by atoms with Gasteiger partial charge in [-0.2, -0.15) is 0 Å². The van der Waals surface area contributed by atoms with Crippen molar-refractivity contribution in [2.45, 2.75) is 25.3 Å². The summed E-state index contributed by atoms with van der Waals surface area (Å²) in [5.74, 6) is -0.644. The molecule has 1 aliphatic carbocycles. The fraction of sp³-hybridized carbons (Fsp3) is 0.556. The quantitative estimate of drug-likeness (QED) is 0.857. The molecule has 0 aliphatic heterocycles. The van der Waals surface area contributed by atoms with E-state index in [1.165, 1.54) is 11.3 Å². The van der Waals surface area contributed by atoms with E-state index in [4.69, 9.17) is 11.6 Å². The molecule has 2 N–H and O–H groups in total. The van der Waals surface area contributed by atoms with E-state index >= 15 is 0 Å². The summed E-state index contributed by atoms with van der Waals surface area (Å²) in [5, 5.41) is 14.8. The number of hydrogen-bond donors (Lipinski definition) is 2. The summed E-state index contributed by atoms with van der Waals surface area (Å²) in [7, 11) is 0. The standard InChI is InChI=1S/C9H11ClN2O2S/c1-9(7(13)14,5-2-3-5)12-8-11-6(10)4-15-8/h4-5H,2-3H2,1H3,(H,11,12)(H,13,14). The Morgan fingerprint density at radius 1 is 1.80 bits per heavy atom. The zero-order chi connectivity index (χ0) is 11.1. The van der Waals surface area contributed by atoms with E-state index in [0.717, 1.165) is 12.8 Å². The van der Waals surface area contributed by atoms with Crippen molar-refractivity contribution < 1.29 is 9.90 Å². The van der Waals surface area contributed by atoms with E-state index in [9.17, 15) is 9.90 Å². The molecule has 0 radical (unpaired) electrons. The van der Waals surface area contributed by atoms with Crippen molar-refractivity contribution in [3.05, 3.63) is 10.5 Å². The van der Waals surface area contributed by atoms with Crippen LogP contribution in [-0.4, -0.2) is 21.6 Å². The number of nitrogens with zero attached hydrogens (tertiary/aromatic N) is 1. The Kier molecular flexibility index (Phi) is 2.60. The maximum atomic E-state index is 11.2. The van der Waals surface area contributed by atoms with Crippen LogP contribution in [0.1, 0.15) is 19.8 Å². The van der Waals surface area contributed by atoms with E-state index in [2.05, 4.69) is 10.3 Å². The number of anilines is 1. The molecular weight excluding hydrogens is 236 g/mol. The van der Waals surface area contributed by atoms with Crippen LogP contribution in [0.2, 0.25) is 5.15 Å². The molecule has 2 rings (SSSR count). The first-order valence-electron chi connectivity index (χ1n) is 4.65. The number of carboxylic acid groups (broad SMARTS) is 1. The second kappa shape index (κ2) is 3.64. The van der Waals surface area contributed by atoms with Gasteiger partial charge in [-0.15, -0.1) is 11.3 Å². The van der Waals surface area contributed by atoms with E-state index in [1.54, 1.807) is 12.3 Å². The Morgan fingerprint density at radius 3 is 2.87 bits per heavy atom. The summed E-state index contributed by atoms with van der Waals surface area (Å²) >= 11 is 7.00. The van der Waals surface area contributed by atoms with Gasteiger partial charge in [0.05, 0.1) is 0 Å². The summed E-state index contributed by atoms with van der Waals surface area (Å²) in [6, 6.07) is 0. The van der Waals surface area contributed by atoms with Crippen LogP contribution in [0.15, 0.2) is 5.38 Å². The number of hydrogen-bond acceptors (Lipinski definition) is 4. The lowest BCUT2D eigenvalue weighted by molar-refractivity contribution is -0.142. The van der Waals surface area contributed by atoms with Crippen LogP contribution in [-0.2, 0) is 4.79 Å². The summed E-state index contributed by atoms with van der Waals surface area (Å²) < 4.78 is 0. The third kappa shape index (κ3) is 2.08. The Morgan fingerprint density at radius 2 is 2.47 bits per heavy atom. The highest BCUT2D eigenvalue weighted by molar-refractivity contribution is 7.14. The van der Waals surface area contributed by atoms with E-state index in [-0.39, 0.29) is 5.92 Å². The molecule has 82 valence electrons. The first kappa shape index (κ1) is 10.7. The summed E-state index contributed by atoms with van der Waals surface area (Å²) in [6.45, 7) is 1.70. The van der Waals surface area contributed by atoms with Crippen molar-refractivity contribution in [1.29, 1.82) is 0 Å². The Bertz CT molecular complexity index is 391. The van der Waals surface area contributed by atoms with Crippen molar-refractivity contribution in [1.82, 2.24) is 4.98 Å². The lowest BCUT2D eigenvalue weighted by atomic mass is 9.96. The van der Waals surface area contributed by atoms with Gasteiger partial charge in [0.2, 0.25) is 0 Å². The molecule has 1 atom stereocenters. The van der Waals surface area contributed by atoms with Crippen molar-refractivity contribution >= 4 is 34.0 Å². The van der Waals surface area contributed by atoms with Gasteiger partial charge in [0, 0.05) is 5.38 Å². The average Bonchev–Trinajstić information content (AvgIpc) is 2.92. The highest BCUT2D eigenvalue weighted by Gasteiger charge is 2.48. The van der Waals surface area contributed by atoms with Gasteiger partial charge in [-0.3, -0.25) is 0 Å². The zero-order valence-corrected chi connectivity index (χ0v) is 9.73. The van der Waals surface area contributed by atoms with Crippen LogP contribution < -0.4 is 5.32 Å². The van der Waals surface area contributed by atoms with Crippen LogP contribution >= 0.6 is 22.9 Å². The summed E-state index contributed by atoms with van der Waals surface area (Å²) in [6.07, 6.45) is 1.91. The van der Waals surface area contributed by atoms with Gasteiger partial charge in [0.15, 0.2) is 5.13 Å². The van der Waals surface area contributed by atoms with Gasteiger partial charge in [-0.05, 0) is 25.7 Å². The Balaban J connectivity index is 2.16. The van der Waals surface area contributed by atoms with Crippen molar-refractivity contribution in [2.75, 3.05) is 5.32 Å². The predicted molar refractivity (Wildman–Crippen MR) is 59.5 cm³/mol. The highest BCUT2D eigenvalue weighted by Crippen LogP contribution is 2.42. The molecule has 1 aromatic heterocycles. The molecule has 4 nitrogen and oxygen atoms in total. The Labute approximate surface area is 96.3 Å². The number of nitrogens with one attached hydrogen (secondary N) is 1. The molecule has 0 bridgehead atoms. The van der Waals surface area contributed by atoms with Gasteiger partial charge in [-0.25, -0.2) is 9.78 Å². The lowest BCUT2D eigenvalue weighted by Gasteiger charge is -2.25. The topological polar surface area (TPSA) is 62.2 Å². The van der Waals surface area contributed by atoms with E-state index in [1.807, 2.05) is 0 Å². The maximum Gasteiger partial charge on any atom is 0.329 e. The van der Waals surface area contributed by atoms with Crippen LogP contribution in [0, 0.1) is 5.92 Å². The molecule has 0 spiro atoms. The van der Waals surface area contributed by atoms with Gasteiger partial charge in [-0.1, -0.05) is 11.6 Å². The molecule has 1 aliphatic rings. The number of carbonyl (C=O) groups is 1. The lowest BCUT2D eigenvalue weighted by Crippen LogP contribution is -2.45. The number of halogens is 1. The fourth-order valence-electron chi connectivity index (χ4n) is 1.52. The first-order valence-corrected chi connectivity index (χ1v) is 5.91. The minimum absolute atomic E-state index is 0.192. The summed E-state index contributed by atoms with van der Waals surface area (Å²) in [5.41, 5.74) is -0.915. The molecule has 15 heavy (non-hydrogen) atoms. The molecule has 1 saturated carbocycles. The van der Waals surface area contributed by atoms with Crippen molar-refractivity contribution in [2.24, 2.45) is 5.92 Å². The third-order valence-corrected chi connectivity index (χ3v) is 3.76. The van der Waals surface area contributed by atoms with E-state index < -0.39 is 11.5 Å². The molecule has 1 heterocycles. The van der Waals surface area contributed by atoms with Crippen LogP contribution in [0.25, 0.3) is 0 Å². The average molecular weight is 247 g/mol. The van der Waals surface area contributed by atoms with Gasteiger partial charge in [0.25, 0.3) is 0 Å². The molecule has 0 saturated heterocycles. The minimum atomic E-state index is -0.915. The maximum absolute atomic E-state index is 11.2. The van der Waals surface area contributed by atoms with Crippen molar-refractivity contribution in [3.8, 4) is 0 Å². The highest BCUT2D eigenvalue weighted by atomic mass is 35.5. The number of aromatic nitrogens is 1. The van der Waals surface area contributed by atoms with Gasteiger partial charge in [0.1, 0.15) is 10.7 Å². The molecular formula is C9H11ClN2O2S. The molecule has 6 heteroatoms. The van der Waals surface area contributed by atoms with Crippen LogP contribution in [0.3, 0.4) is 0 Å². The van der Waals surface area contributed by atoms with E-state index in [0.29, 0.717) is 10.3 Å². The predicted octanol–water partition coefficient (Wildman–Crippen LogP) is 2.46. The number of aliphatic carboxylic acids is 1. The Hall–Kier alpha value is -0.810. The van der Waals surface area contributed by atoms with Crippen LogP contribution in [0.4, 0.5) is 5.13 Å². The van der Waals surface area contributed by atoms with Crippen LogP contribution in [0.5, 0.6) is 0 Å². The summed E-state index contributed by atoms with van der Waals surface area (Å²) in [4.78, 5) is 15.2. The van der Waals surface area contributed by atoms with Crippen molar-refractivity contribution in [3.63, 3.8) is 0 Å². The zero-order valence-electron chi connectivity index (χ0n) is 8.16. The second-order valence-electron chi connectivity index (χ2n) is 3.88. The van der Waals surface area contributed by atoms with Gasteiger partial charge < -0.3 is 10.4 Å². The first-order chi connectivity index (χ1) is 7.02. The normalized spacial score (nSPS) is 19.6. The molecule has 0 aromatic carbocycles. The second-order valence-corrected chi connectivity index (χ2v) is 5.13. The fourth-order valence-corrected chi connectivity index (χ4v) is 2.48. The third-order valence-electron chi connectivity index (χ3n) is 2.68. The number of rotatable bonds is 4. The smallest absolute Gasteiger partial charge is 0.329 e. The molecule has 1 unspecified atom stereocenters.